The Kier molecular flexibility index (Phi) is 4.44. The topological polar surface area (TPSA) is 76.3 Å². The van der Waals surface area contributed by atoms with Crippen molar-refractivity contribution in [2.24, 2.45) is 5.84 Å². The predicted molar refractivity (Wildman–Crippen MR) is 75.0 cm³/mol. The first-order valence-electron chi connectivity index (χ1n) is 5.97. The van der Waals surface area contributed by atoms with Crippen LogP contribution in [0.15, 0.2) is 30.3 Å². The van der Waals surface area contributed by atoms with Gasteiger partial charge in [0.1, 0.15) is 24.1 Å². The molecule has 0 bridgehead atoms. The lowest BCUT2D eigenvalue weighted by molar-refractivity contribution is 0.178. The van der Waals surface area contributed by atoms with Gasteiger partial charge in [-0.25, -0.2) is 20.2 Å². The molecule has 3 N–H and O–H groups in total. The highest BCUT2D eigenvalue weighted by atomic mass is 19.1. The van der Waals surface area contributed by atoms with Gasteiger partial charge in [0.2, 0.25) is 0 Å². The molecule has 0 saturated heterocycles. The number of anilines is 3. The number of nitrogens with zero attached hydrogens (tertiary/aromatic N) is 3. The highest BCUT2D eigenvalue weighted by Gasteiger charge is 2.10. The van der Waals surface area contributed by atoms with Crippen LogP contribution in [0.1, 0.15) is 5.82 Å². The molecule has 0 saturated carbocycles. The molecular weight excluding hydrogens is 261 g/mol. The van der Waals surface area contributed by atoms with Gasteiger partial charge in [-0.15, -0.1) is 0 Å². The van der Waals surface area contributed by atoms with Crippen LogP contribution in [0.4, 0.5) is 21.7 Å². The Balaban J connectivity index is 2.37. The van der Waals surface area contributed by atoms with Gasteiger partial charge in [-0.2, -0.15) is 0 Å². The second kappa shape index (κ2) is 6.27. The first kappa shape index (κ1) is 14.2. The summed E-state index contributed by atoms with van der Waals surface area (Å²) < 4.78 is 18.3. The molecule has 1 aromatic carbocycles. The summed E-state index contributed by atoms with van der Waals surface area (Å²) in [7, 11) is 3.34. The van der Waals surface area contributed by atoms with Crippen molar-refractivity contribution in [2.45, 2.75) is 6.61 Å². The van der Waals surface area contributed by atoms with Crippen molar-refractivity contribution in [2.75, 3.05) is 24.5 Å². The lowest BCUT2D eigenvalue weighted by atomic mass is 10.3. The van der Waals surface area contributed by atoms with Crippen LogP contribution in [0.3, 0.4) is 0 Å². The van der Waals surface area contributed by atoms with Gasteiger partial charge in [0.05, 0.1) is 0 Å². The van der Waals surface area contributed by atoms with E-state index < -0.39 is 0 Å². The molecule has 1 aromatic heterocycles. The van der Waals surface area contributed by atoms with Gasteiger partial charge >= 0.3 is 0 Å². The fraction of sp³-hybridized carbons (Fsp3) is 0.231. The lowest BCUT2D eigenvalue weighted by Crippen LogP contribution is -2.16. The van der Waals surface area contributed by atoms with Crippen LogP contribution < -0.4 is 16.2 Å². The highest BCUT2D eigenvalue weighted by molar-refractivity contribution is 5.61. The van der Waals surface area contributed by atoms with E-state index in [4.69, 9.17) is 10.6 Å². The second-order valence-corrected chi connectivity index (χ2v) is 4.14. The van der Waals surface area contributed by atoms with E-state index in [1.54, 1.807) is 37.3 Å². The Bertz CT molecular complexity index is 593. The first-order chi connectivity index (χ1) is 9.63. The number of hydrazine groups is 1. The summed E-state index contributed by atoms with van der Waals surface area (Å²) in [5.41, 5.74) is 3.15. The highest BCUT2D eigenvalue weighted by Crippen LogP contribution is 2.24. The summed E-state index contributed by atoms with van der Waals surface area (Å²) in [4.78, 5) is 10.3. The molecule has 0 unspecified atom stereocenters. The van der Waals surface area contributed by atoms with Crippen LogP contribution in [0.5, 0.6) is 0 Å². The van der Waals surface area contributed by atoms with Gasteiger partial charge in [-0.1, -0.05) is 6.07 Å². The van der Waals surface area contributed by atoms with Crippen molar-refractivity contribution in [3.8, 4) is 0 Å². The van der Waals surface area contributed by atoms with E-state index in [-0.39, 0.29) is 12.4 Å². The number of nitrogens with one attached hydrogen (secondary N) is 1. The summed E-state index contributed by atoms with van der Waals surface area (Å²) in [6, 6.07) is 7.91. The maximum Gasteiger partial charge on any atom is 0.158 e. The number of ether oxygens (including phenoxy) is 1. The van der Waals surface area contributed by atoms with Gasteiger partial charge in [-0.3, -0.25) is 0 Å². The molecule has 0 spiro atoms. The third-order valence-electron chi connectivity index (χ3n) is 2.72. The van der Waals surface area contributed by atoms with Gasteiger partial charge in [0.15, 0.2) is 5.82 Å². The average Bonchev–Trinajstić information content (AvgIpc) is 2.46. The Morgan fingerprint density at radius 1 is 1.35 bits per heavy atom. The molecule has 0 amide bonds. The molecule has 0 aliphatic carbocycles. The van der Waals surface area contributed by atoms with Gasteiger partial charge in [-0.05, 0) is 18.2 Å². The normalized spacial score (nSPS) is 10.4. The van der Waals surface area contributed by atoms with Gasteiger partial charge < -0.3 is 15.1 Å². The van der Waals surface area contributed by atoms with Crippen molar-refractivity contribution in [1.82, 2.24) is 9.97 Å². The van der Waals surface area contributed by atoms with Crippen LogP contribution >= 0.6 is 0 Å². The van der Waals surface area contributed by atoms with E-state index >= 15 is 0 Å². The van der Waals surface area contributed by atoms with Crippen molar-refractivity contribution in [3.63, 3.8) is 0 Å². The number of aromatic nitrogens is 2. The minimum absolute atomic E-state index is 0.263. The van der Waals surface area contributed by atoms with Crippen molar-refractivity contribution >= 4 is 17.3 Å². The molecule has 0 radical (unpaired) electrons. The number of rotatable bonds is 5. The minimum Gasteiger partial charge on any atom is -0.377 e. The molecule has 20 heavy (non-hydrogen) atoms. The van der Waals surface area contributed by atoms with Gasteiger partial charge in [0, 0.05) is 25.9 Å². The Labute approximate surface area is 116 Å². The number of hydrogen-bond donors (Lipinski definition) is 2. The summed E-state index contributed by atoms with van der Waals surface area (Å²) in [5.74, 6) is 6.62. The maximum absolute atomic E-state index is 13.3. The fourth-order valence-corrected chi connectivity index (χ4v) is 1.74. The largest absolute Gasteiger partial charge is 0.377 e. The van der Waals surface area contributed by atoms with Crippen LogP contribution in [0.25, 0.3) is 0 Å². The maximum atomic E-state index is 13.3. The number of methoxy groups -OCH3 is 1. The molecule has 6 nitrogen and oxygen atoms in total. The van der Waals surface area contributed by atoms with E-state index in [9.17, 15) is 4.39 Å². The fourth-order valence-electron chi connectivity index (χ4n) is 1.74. The predicted octanol–water partition coefficient (Wildman–Crippen LogP) is 1.82. The SMILES string of the molecule is COCc1nc(NN)cc(N(C)c2cccc(F)c2)n1. The van der Waals surface area contributed by atoms with E-state index in [2.05, 4.69) is 15.4 Å². The number of halogens is 1. The molecule has 7 heteroatoms. The van der Waals surface area contributed by atoms with E-state index in [1.807, 2.05) is 0 Å². The molecule has 0 aliphatic rings. The monoisotopic (exact) mass is 277 g/mol. The zero-order valence-corrected chi connectivity index (χ0v) is 11.3. The Hall–Kier alpha value is -2.25. The van der Waals surface area contributed by atoms with E-state index in [1.165, 1.54) is 12.1 Å². The average molecular weight is 277 g/mol. The minimum atomic E-state index is -0.308. The van der Waals surface area contributed by atoms with Crippen molar-refractivity contribution in [3.05, 3.63) is 42.0 Å². The van der Waals surface area contributed by atoms with E-state index in [0.717, 1.165) is 0 Å². The number of hydrogen-bond acceptors (Lipinski definition) is 6. The standard InChI is InChI=1S/C13H16FN5O/c1-19(10-5-3-4-9(14)6-10)13-7-11(18-15)16-12(17-13)8-20-2/h3-7H,8,15H2,1-2H3,(H,16,17,18). The molecule has 2 aromatic rings. The third kappa shape index (κ3) is 3.19. The first-order valence-corrected chi connectivity index (χ1v) is 5.97. The lowest BCUT2D eigenvalue weighted by Gasteiger charge is -2.19. The van der Waals surface area contributed by atoms with Gasteiger partial charge in [0.25, 0.3) is 0 Å². The molecule has 106 valence electrons. The molecule has 0 aliphatic heterocycles. The number of nitrogens with two attached hydrogens (primary N) is 1. The van der Waals surface area contributed by atoms with Crippen molar-refractivity contribution in [1.29, 1.82) is 0 Å². The third-order valence-corrected chi connectivity index (χ3v) is 2.72. The number of benzene rings is 1. The molecule has 0 fully saturated rings. The quantitative estimate of drug-likeness (QED) is 0.641. The van der Waals surface area contributed by atoms with Crippen molar-refractivity contribution < 1.29 is 9.13 Å². The second-order valence-electron chi connectivity index (χ2n) is 4.14. The molecular formula is C13H16FN5O. The summed E-state index contributed by atoms with van der Waals surface area (Å²) >= 11 is 0. The number of nitrogen functional groups attached to an aromatic ring is 1. The summed E-state index contributed by atoms with van der Waals surface area (Å²) in [5, 5.41) is 0. The van der Waals surface area contributed by atoms with Crippen LogP contribution in [0.2, 0.25) is 0 Å². The summed E-state index contributed by atoms with van der Waals surface area (Å²) in [6.07, 6.45) is 0. The van der Waals surface area contributed by atoms with Crippen LogP contribution in [0, 0.1) is 5.82 Å². The molecule has 0 atom stereocenters. The van der Waals surface area contributed by atoms with Crippen LogP contribution in [-0.2, 0) is 11.3 Å². The molecule has 2 rings (SSSR count). The molecule has 1 heterocycles. The van der Waals surface area contributed by atoms with E-state index in [0.29, 0.717) is 23.1 Å². The summed E-state index contributed by atoms with van der Waals surface area (Å²) in [6.45, 7) is 0.263. The Morgan fingerprint density at radius 3 is 2.80 bits per heavy atom. The smallest absolute Gasteiger partial charge is 0.158 e. The van der Waals surface area contributed by atoms with Crippen LogP contribution in [-0.4, -0.2) is 24.1 Å². The Morgan fingerprint density at radius 2 is 2.15 bits per heavy atom. The zero-order chi connectivity index (χ0) is 14.5. The zero-order valence-electron chi connectivity index (χ0n) is 11.3.